The number of halogens is 1. The van der Waals surface area contributed by atoms with Crippen molar-refractivity contribution in [3.05, 3.63) is 30.1 Å². The van der Waals surface area contributed by atoms with Crippen LogP contribution in [0.5, 0.6) is 0 Å². The van der Waals surface area contributed by atoms with Gasteiger partial charge in [-0.05, 0) is 33.0 Å². The number of aromatic nitrogens is 1. The van der Waals surface area contributed by atoms with E-state index in [1.165, 1.54) is 0 Å². The molecule has 0 aliphatic rings. The van der Waals surface area contributed by atoms with Crippen LogP contribution in [0.3, 0.4) is 0 Å². The first-order valence-corrected chi connectivity index (χ1v) is 6.73. The maximum atomic E-state index is 5.80. The van der Waals surface area contributed by atoms with Crippen molar-refractivity contribution in [3.63, 3.8) is 0 Å². The van der Waals surface area contributed by atoms with Gasteiger partial charge >= 0.3 is 0 Å². The highest BCUT2D eigenvalue weighted by atomic mass is 127. The SMILES string of the molecule is CC(C)N(C)CCN=C(N)NCCc1ccccn1.I. The van der Waals surface area contributed by atoms with Crippen LogP contribution in [0.15, 0.2) is 29.4 Å². The van der Waals surface area contributed by atoms with Gasteiger partial charge in [-0.15, -0.1) is 24.0 Å². The van der Waals surface area contributed by atoms with Gasteiger partial charge in [-0.1, -0.05) is 6.07 Å². The number of likely N-dealkylation sites (N-methyl/N-ethyl adjacent to an activating group) is 1. The molecule has 0 unspecified atom stereocenters. The van der Waals surface area contributed by atoms with Gasteiger partial charge < -0.3 is 16.0 Å². The fraction of sp³-hybridized carbons (Fsp3) is 0.571. The number of nitrogens with zero attached hydrogens (tertiary/aromatic N) is 3. The minimum Gasteiger partial charge on any atom is -0.370 e. The minimum absolute atomic E-state index is 0. The zero-order chi connectivity index (χ0) is 14.1. The first kappa shape index (κ1) is 19.1. The summed E-state index contributed by atoms with van der Waals surface area (Å²) >= 11 is 0. The Hall–Kier alpha value is -0.890. The van der Waals surface area contributed by atoms with Crippen LogP contribution in [0, 0.1) is 0 Å². The molecule has 1 rings (SSSR count). The predicted octanol–water partition coefficient (Wildman–Crippen LogP) is 1.49. The molecule has 5 nitrogen and oxygen atoms in total. The Balaban J connectivity index is 0.00000361. The molecule has 0 fully saturated rings. The number of hydrogen-bond acceptors (Lipinski definition) is 3. The lowest BCUT2D eigenvalue weighted by Crippen LogP contribution is -2.35. The molecule has 0 bridgehead atoms. The second-order valence-corrected chi connectivity index (χ2v) is 4.84. The third-order valence-electron chi connectivity index (χ3n) is 3.03. The van der Waals surface area contributed by atoms with Crippen molar-refractivity contribution < 1.29 is 0 Å². The molecule has 1 heterocycles. The van der Waals surface area contributed by atoms with Crippen LogP contribution in [0.25, 0.3) is 0 Å². The Labute approximate surface area is 139 Å². The molecule has 1 aromatic heterocycles. The van der Waals surface area contributed by atoms with E-state index in [9.17, 15) is 0 Å². The molecule has 3 N–H and O–H groups in total. The van der Waals surface area contributed by atoms with Gasteiger partial charge in [0.1, 0.15) is 0 Å². The van der Waals surface area contributed by atoms with Crippen molar-refractivity contribution in [1.29, 1.82) is 0 Å². The molecule has 0 saturated heterocycles. The summed E-state index contributed by atoms with van der Waals surface area (Å²) < 4.78 is 0. The summed E-state index contributed by atoms with van der Waals surface area (Å²) in [5, 5.41) is 3.10. The molecule has 0 atom stereocenters. The monoisotopic (exact) mass is 391 g/mol. The van der Waals surface area contributed by atoms with Crippen molar-refractivity contribution in [2.45, 2.75) is 26.3 Å². The molecule has 0 saturated carbocycles. The van der Waals surface area contributed by atoms with Crippen LogP contribution in [-0.4, -0.2) is 48.6 Å². The number of aliphatic imine (C=N–C) groups is 1. The summed E-state index contributed by atoms with van der Waals surface area (Å²) in [6.45, 7) is 6.72. The van der Waals surface area contributed by atoms with Crippen molar-refractivity contribution in [3.8, 4) is 0 Å². The molecule has 0 spiro atoms. The third kappa shape index (κ3) is 8.31. The quantitative estimate of drug-likeness (QED) is 0.420. The highest BCUT2D eigenvalue weighted by molar-refractivity contribution is 14.0. The Morgan fingerprint density at radius 2 is 2.20 bits per heavy atom. The zero-order valence-electron chi connectivity index (χ0n) is 12.5. The van der Waals surface area contributed by atoms with E-state index in [4.69, 9.17) is 5.73 Å². The standard InChI is InChI=1S/C14H25N5.HI/c1-12(2)19(3)11-10-18-14(15)17-9-7-13-6-4-5-8-16-13;/h4-6,8,12H,7,9-11H2,1-3H3,(H3,15,17,18);1H. The Kier molecular flexibility index (Phi) is 10.4. The minimum atomic E-state index is 0. The van der Waals surface area contributed by atoms with Crippen molar-refractivity contribution in [2.75, 3.05) is 26.7 Å². The summed E-state index contributed by atoms with van der Waals surface area (Å²) in [4.78, 5) is 10.8. The van der Waals surface area contributed by atoms with E-state index in [0.29, 0.717) is 12.0 Å². The number of guanidine groups is 1. The van der Waals surface area contributed by atoms with Crippen molar-refractivity contribution in [2.24, 2.45) is 10.7 Å². The Morgan fingerprint density at radius 1 is 1.45 bits per heavy atom. The molecule has 0 amide bonds. The van der Waals surface area contributed by atoms with E-state index >= 15 is 0 Å². The molecule has 6 heteroatoms. The normalized spacial score (nSPS) is 11.6. The molecule has 0 aliphatic heterocycles. The molecule has 1 aromatic rings. The van der Waals surface area contributed by atoms with Gasteiger partial charge in [0.15, 0.2) is 5.96 Å². The van der Waals surface area contributed by atoms with Gasteiger partial charge in [0.25, 0.3) is 0 Å². The lowest BCUT2D eigenvalue weighted by molar-refractivity contribution is 0.282. The highest BCUT2D eigenvalue weighted by Crippen LogP contribution is 1.93. The van der Waals surface area contributed by atoms with Gasteiger partial charge in [-0.3, -0.25) is 9.98 Å². The maximum Gasteiger partial charge on any atom is 0.188 e. The number of hydrogen-bond donors (Lipinski definition) is 2. The summed E-state index contributed by atoms with van der Waals surface area (Å²) in [7, 11) is 2.09. The van der Waals surface area contributed by atoms with Crippen LogP contribution >= 0.6 is 24.0 Å². The second kappa shape index (κ2) is 10.8. The number of nitrogens with two attached hydrogens (primary N) is 1. The third-order valence-corrected chi connectivity index (χ3v) is 3.03. The van der Waals surface area contributed by atoms with Gasteiger partial charge in [-0.25, -0.2) is 0 Å². The zero-order valence-corrected chi connectivity index (χ0v) is 14.9. The van der Waals surface area contributed by atoms with E-state index in [1.54, 1.807) is 6.20 Å². The predicted molar refractivity (Wildman–Crippen MR) is 95.6 cm³/mol. The summed E-state index contributed by atoms with van der Waals surface area (Å²) in [6, 6.07) is 6.44. The smallest absolute Gasteiger partial charge is 0.188 e. The van der Waals surface area contributed by atoms with E-state index in [1.807, 2.05) is 18.2 Å². The fourth-order valence-corrected chi connectivity index (χ4v) is 1.51. The van der Waals surface area contributed by atoms with Gasteiger partial charge in [0.2, 0.25) is 0 Å². The number of nitrogens with one attached hydrogen (secondary N) is 1. The Morgan fingerprint density at radius 3 is 2.80 bits per heavy atom. The average molecular weight is 391 g/mol. The summed E-state index contributed by atoms with van der Waals surface area (Å²) in [5.74, 6) is 0.507. The lowest BCUT2D eigenvalue weighted by Gasteiger charge is -2.19. The van der Waals surface area contributed by atoms with Crippen LogP contribution < -0.4 is 11.1 Å². The first-order valence-electron chi connectivity index (χ1n) is 6.73. The summed E-state index contributed by atoms with van der Waals surface area (Å²) in [6.07, 6.45) is 2.65. The maximum absolute atomic E-state index is 5.80. The lowest BCUT2D eigenvalue weighted by atomic mass is 10.3. The van der Waals surface area contributed by atoms with Crippen LogP contribution in [0.4, 0.5) is 0 Å². The van der Waals surface area contributed by atoms with Gasteiger partial charge in [0.05, 0.1) is 6.54 Å². The topological polar surface area (TPSA) is 66.5 Å². The average Bonchev–Trinajstić information content (AvgIpc) is 2.39. The highest BCUT2D eigenvalue weighted by Gasteiger charge is 2.01. The van der Waals surface area contributed by atoms with E-state index in [-0.39, 0.29) is 24.0 Å². The van der Waals surface area contributed by atoms with Gasteiger partial charge in [0, 0.05) is 37.4 Å². The molecule has 114 valence electrons. The van der Waals surface area contributed by atoms with Crippen molar-refractivity contribution >= 4 is 29.9 Å². The van der Waals surface area contributed by atoms with E-state index in [0.717, 1.165) is 31.7 Å². The number of pyridine rings is 1. The molecular formula is C14H26IN5. The van der Waals surface area contributed by atoms with E-state index in [2.05, 4.69) is 41.1 Å². The van der Waals surface area contributed by atoms with Gasteiger partial charge in [-0.2, -0.15) is 0 Å². The molecular weight excluding hydrogens is 365 g/mol. The molecule has 0 aromatic carbocycles. The van der Waals surface area contributed by atoms with Crippen molar-refractivity contribution in [1.82, 2.24) is 15.2 Å². The largest absolute Gasteiger partial charge is 0.370 e. The Bertz CT molecular complexity index is 380. The first-order chi connectivity index (χ1) is 9.09. The fourth-order valence-electron chi connectivity index (χ4n) is 1.51. The summed E-state index contributed by atoms with van der Waals surface area (Å²) in [5.41, 5.74) is 6.86. The van der Waals surface area contributed by atoms with E-state index < -0.39 is 0 Å². The van der Waals surface area contributed by atoms with Crippen LogP contribution in [-0.2, 0) is 6.42 Å². The van der Waals surface area contributed by atoms with Crippen LogP contribution in [0.1, 0.15) is 19.5 Å². The molecule has 0 aliphatic carbocycles. The number of rotatable bonds is 7. The molecule has 0 radical (unpaired) electrons. The second-order valence-electron chi connectivity index (χ2n) is 4.84. The van der Waals surface area contributed by atoms with Crippen LogP contribution in [0.2, 0.25) is 0 Å². The molecule has 20 heavy (non-hydrogen) atoms.